The third-order valence-electron chi connectivity index (χ3n) is 7.01. The average Bonchev–Trinajstić information content (AvgIpc) is 2.95. The van der Waals surface area contributed by atoms with Gasteiger partial charge in [0.1, 0.15) is 11.4 Å². The lowest BCUT2D eigenvalue weighted by Gasteiger charge is -2.24. The van der Waals surface area contributed by atoms with Crippen molar-refractivity contribution >= 4 is 5.97 Å². The van der Waals surface area contributed by atoms with Crippen molar-refractivity contribution in [1.29, 1.82) is 0 Å². The van der Waals surface area contributed by atoms with Gasteiger partial charge < -0.3 is 9.47 Å². The van der Waals surface area contributed by atoms with Crippen LogP contribution in [0, 0.1) is 0 Å². The largest absolute Gasteiger partial charge is 0.476 e. The Morgan fingerprint density at radius 1 is 0.854 bits per heavy atom. The van der Waals surface area contributed by atoms with Crippen LogP contribution in [0.5, 0.6) is 5.75 Å². The second-order valence-corrected chi connectivity index (χ2v) is 10.9. The SMILES string of the molecule is CCCCCCc1nn(Cc2ccccc2)c(=O)n(CCCCCc2cccc(OC(C)(C)C(=O)OCC)c2)c1=O. The number of rotatable bonds is 17. The first-order chi connectivity index (χ1) is 19.7. The molecule has 3 aromatic rings. The Balaban J connectivity index is 1.63. The van der Waals surface area contributed by atoms with Gasteiger partial charge in [0.05, 0.1) is 13.2 Å². The van der Waals surface area contributed by atoms with Crippen LogP contribution in [0.2, 0.25) is 0 Å². The molecule has 0 N–H and O–H groups in total. The van der Waals surface area contributed by atoms with Crippen LogP contribution in [0.4, 0.5) is 0 Å². The van der Waals surface area contributed by atoms with Crippen LogP contribution >= 0.6 is 0 Å². The predicted molar refractivity (Wildman–Crippen MR) is 161 cm³/mol. The number of carbonyl (C=O) groups is 1. The van der Waals surface area contributed by atoms with Gasteiger partial charge >= 0.3 is 11.7 Å². The maximum atomic E-state index is 13.3. The molecular formula is C33H45N3O5. The van der Waals surface area contributed by atoms with Gasteiger partial charge in [-0.15, -0.1) is 0 Å². The molecule has 2 aromatic carbocycles. The van der Waals surface area contributed by atoms with Crippen molar-refractivity contribution in [2.75, 3.05) is 6.61 Å². The Labute approximate surface area is 243 Å². The van der Waals surface area contributed by atoms with E-state index in [1.807, 2.05) is 54.6 Å². The molecule has 1 aromatic heterocycles. The second kappa shape index (κ2) is 15.9. The molecule has 41 heavy (non-hydrogen) atoms. The number of unbranched alkanes of at least 4 members (excludes halogenated alkanes) is 5. The van der Waals surface area contributed by atoms with E-state index in [4.69, 9.17) is 9.47 Å². The van der Waals surface area contributed by atoms with Gasteiger partial charge in [-0.05, 0) is 76.1 Å². The summed E-state index contributed by atoms with van der Waals surface area (Å²) < 4.78 is 13.8. The number of ether oxygens (including phenoxy) is 2. The van der Waals surface area contributed by atoms with E-state index in [9.17, 15) is 14.4 Å². The second-order valence-electron chi connectivity index (χ2n) is 10.9. The number of aromatic nitrogens is 3. The summed E-state index contributed by atoms with van der Waals surface area (Å²) in [6.45, 7) is 8.34. The molecule has 3 rings (SSSR count). The molecule has 222 valence electrons. The normalized spacial score (nSPS) is 11.4. The molecule has 0 bridgehead atoms. The van der Waals surface area contributed by atoms with E-state index in [0.717, 1.165) is 56.1 Å². The Bertz CT molecular complexity index is 1360. The van der Waals surface area contributed by atoms with Crippen LogP contribution in [-0.2, 0) is 35.5 Å². The van der Waals surface area contributed by atoms with Gasteiger partial charge in [-0.25, -0.2) is 14.3 Å². The third-order valence-corrected chi connectivity index (χ3v) is 7.01. The molecule has 8 nitrogen and oxygen atoms in total. The zero-order valence-corrected chi connectivity index (χ0v) is 25.1. The highest BCUT2D eigenvalue weighted by Gasteiger charge is 2.31. The lowest BCUT2D eigenvalue weighted by atomic mass is 10.1. The molecule has 8 heteroatoms. The molecule has 0 amide bonds. The standard InChI is InChI=1S/C33H45N3O5/c1-5-7-8-14-22-29-30(37)35(32(39)36(34-29)25-27-18-11-9-12-19-27)23-15-10-13-17-26-20-16-21-28(24-26)41-33(3,4)31(38)40-6-2/h9,11-12,16,18-21,24H,5-8,10,13-15,17,22-23,25H2,1-4H3. The Kier molecular flexibility index (Phi) is 12.4. The van der Waals surface area contributed by atoms with Crippen LogP contribution in [0.1, 0.15) is 89.5 Å². The quantitative estimate of drug-likeness (QED) is 0.154. The smallest absolute Gasteiger partial charge is 0.349 e. The molecule has 0 atom stereocenters. The number of nitrogens with zero attached hydrogens (tertiary/aromatic N) is 3. The number of hydrogen-bond donors (Lipinski definition) is 0. The number of hydrogen-bond acceptors (Lipinski definition) is 6. The molecule has 0 unspecified atom stereocenters. The van der Waals surface area contributed by atoms with Crippen molar-refractivity contribution in [3.8, 4) is 5.75 Å². The summed E-state index contributed by atoms with van der Waals surface area (Å²) in [6.07, 6.45) is 8.05. The number of benzene rings is 2. The van der Waals surface area contributed by atoms with Gasteiger partial charge in [0, 0.05) is 6.54 Å². The fraction of sp³-hybridized carbons (Fsp3) is 0.515. The van der Waals surface area contributed by atoms with Gasteiger partial charge in [-0.1, -0.05) is 75.1 Å². The van der Waals surface area contributed by atoms with Crippen molar-refractivity contribution in [3.05, 3.63) is 92.3 Å². The number of carbonyl (C=O) groups excluding carboxylic acids is 1. The van der Waals surface area contributed by atoms with E-state index in [2.05, 4.69) is 12.0 Å². The minimum atomic E-state index is -1.07. The van der Waals surface area contributed by atoms with Crippen molar-refractivity contribution in [2.24, 2.45) is 0 Å². The van der Waals surface area contributed by atoms with Gasteiger partial charge in [-0.2, -0.15) is 5.10 Å². The van der Waals surface area contributed by atoms with Crippen LogP contribution in [0.3, 0.4) is 0 Å². The molecule has 0 saturated carbocycles. The van der Waals surface area contributed by atoms with Gasteiger partial charge in [-0.3, -0.25) is 9.36 Å². The van der Waals surface area contributed by atoms with E-state index in [0.29, 0.717) is 44.0 Å². The summed E-state index contributed by atoms with van der Waals surface area (Å²) in [6, 6.07) is 17.5. The highest BCUT2D eigenvalue weighted by atomic mass is 16.6. The lowest BCUT2D eigenvalue weighted by molar-refractivity contribution is -0.158. The zero-order chi connectivity index (χ0) is 29.7. The van der Waals surface area contributed by atoms with Gasteiger partial charge in [0.2, 0.25) is 0 Å². The first kappa shape index (κ1) is 31.8. The third kappa shape index (κ3) is 9.73. The molecule has 0 aliphatic rings. The van der Waals surface area contributed by atoms with Crippen LogP contribution in [-0.4, -0.2) is 32.5 Å². The van der Waals surface area contributed by atoms with E-state index < -0.39 is 11.6 Å². The minimum absolute atomic E-state index is 0.259. The molecule has 0 aliphatic heterocycles. The maximum absolute atomic E-state index is 13.3. The van der Waals surface area contributed by atoms with Gasteiger partial charge in [0.15, 0.2) is 5.60 Å². The molecule has 0 spiro atoms. The first-order valence-electron chi connectivity index (χ1n) is 14.9. The zero-order valence-electron chi connectivity index (χ0n) is 25.1. The maximum Gasteiger partial charge on any atom is 0.349 e. The average molecular weight is 564 g/mol. The molecule has 0 fully saturated rings. The Morgan fingerprint density at radius 3 is 2.29 bits per heavy atom. The topological polar surface area (TPSA) is 92.4 Å². The number of aryl methyl sites for hydroxylation is 2. The summed E-state index contributed by atoms with van der Waals surface area (Å²) >= 11 is 0. The summed E-state index contributed by atoms with van der Waals surface area (Å²) in [7, 11) is 0. The van der Waals surface area contributed by atoms with Gasteiger partial charge in [0.25, 0.3) is 5.56 Å². The number of esters is 1. The van der Waals surface area contributed by atoms with E-state index in [1.165, 1.54) is 9.25 Å². The van der Waals surface area contributed by atoms with Crippen molar-refractivity contribution in [3.63, 3.8) is 0 Å². The molecule has 1 heterocycles. The fourth-order valence-corrected chi connectivity index (χ4v) is 4.73. The monoisotopic (exact) mass is 563 g/mol. The minimum Gasteiger partial charge on any atom is -0.476 e. The highest BCUT2D eigenvalue weighted by Crippen LogP contribution is 2.22. The summed E-state index contributed by atoms with van der Waals surface area (Å²) in [5.74, 6) is 0.220. The van der Waals surface area contributed by atoms with E-state index >= 15 is 0 Å². The molecule has 0 saturated heterocycles. The van der Waals surface area contributed by atoms with Crippen molar-refractivity contribution in [2.45, 2.75) is 104 Å². The van der Waals surface area contributed by atoms with Crippen LogP contribution in [0.15, 0.2) is 64.2 Å². The fourth-order valence-electron chi connectivity index (χ4n) is 4.73. The van der Waals surface area contributed by atoms with Crippen LogP contribution in [0.25, 0.3) is 0 Å². The molecule has 0 radical (unpaired) electrons. The summed E-state index contributed by atoms with van der Waals surface area (Å²) in [4.78, 5) is 38.7. The van der Waals surface area contributed by atoms with E-state index in [-0.39, 0.29) is 11.2 Å². The van der Waals surface area contributed by atoms with Crippen LogP contribution < -0.4 is 16.0 Å². The first-order valence-corrected chi connectivity index (χ1v) is 14.9. The van der Waals surface area contributed by atoms with E-state index in [1.54, 1.807) is 20.8 Å². The Hall–Kier alpha value is -3.68. The van der Waals surface area contributed by atoms with Crippen molar-refractivity contribution in [1.82, 2.24) is 14.3 Å². The Morgan fingerprint density at radius 2 is 1.56 bits per heavy atom. The molecular weight excluding hydrogens is 518 g/mol. The van der Waals surface area contributed by atoms with Crippen molar-refractivity contribution < 1.29 is 14.3 Å². The molecule has 0 aliphatic carbocycles. The predicted octanol–water partition coefficient (Wildman–Crippen LogP) is 5.71. The summed E-state index contributed by atoms with van der Waals surface area (Å²) in [5, 5.41) is 4.49. The lowest BCUT2D eigenvalue weighted by Crippen LogP contribution is -2.43. The summed E-state index contributed by atoms with van der Waals surface area (Å²) in [5.41, 5.74) is 0.854. The highest BCUT2D eigenvalue weighted by molar-refractivity contribution is 5.79.